The lowest BCUT2D eigenvalue weighted by Gasteiger charge is -2.14. The van der Waals surface area contributed by atoms with E-state index in [4.69, 9.17) is 16.3 Å². The molecule has 1 aliphatic rings. The molecule has 8 heteroatoms. The van der Waals surface area contributed by atoms with E-state index in [-0.39, 0.29) is 17.6 Å². The second-order valence-electron chi connectivity index (χ2n) is 7.25. The van der Waals surface area contributed by atoms with E-state index < -0.39 is 0 Å². The highest BCUT2D eigenvalue weighted by Gasteiger charge is 2.34. The van der Waals surface area contributed by atoms with Crippen LogP contribution >= 0.6 is 11.6 Å². The molecular formula is C19H24ClN6O+. The average molecular weight is 388 g/mol. The van der Waals surface area contributed by atoms with Crippen LogP contribution in [0.5, 0.6) is 0 Å². The van der Waals surface area contributed by atoms with E-state index in [2.05, 4.69) is 28.8 Å². The number of aromatic nitrogens is 5. The number of pyridine rings is 1. The summed E-state index contributed by atoms with van der Waals surface area (Å²) in [6, 6.07) is 4.04. The standard InChI is InChI=1S/C19H24ClN6O/c1-5-14-12(2)10-15(27-14)26-11-21-16-17(22-19(20)23-18(16)26)25-8-6-13(7-9-25)24(3)4/h6-9,11-12,14-15H,5,10H2,1-4H3/q+1/t12?,14-,15?/m1/s1. The average Bonchev–Trinajstić information content (AvgIpc) is 3.24. The molecule has 0 bridgehead atoms. The third-order valence-electron chi connectivity index (χ3n) is 5.20. The van der Waals surface area contributed by atoms with Gasteiger partial charge in [0.2, 0.25) is 5.52 Å². The molecule has 1 fully saturated rings. The van der Waals surface area contributed by atoms with Crippen molar-refractivity contribution >= 4 is 28.5 Å². The number of hydrogen-bond donors (Lipinski definition) is 0. The van der Waals surface area contributed by atoms with Crippen LogP contribution in [0.3, 0.4) is 0 Å². The predicted molar refractivity (Wildman–Crippen MR) is 104 cm³/mol. The summed E-state index contributed by atoms with van der Waals surface area (Å²) in [4.78, 5) is 15.5. The van der Waals surface area contributed by atoms with Crippen molar-refractivity contribution in [1.82, 2.24) is 19.5 Å². The molecular weight excluding hydrogens is 364 g/mol. The van der Waals surface area contributed by atoms with Gasteiger partial charge in [-0.3, -0.25) is 4.57 Å². The van der Waals surface area contributed by atoms with Crippen molar-refractivity contribution in [2.75, 3.05) is 19.0 Å². The van der Waals surface area contributed by atoms with E-state index in [0.717, 1.165) is 18.5 Å². The highest BCUT2D eigenvalue weighted by molar-refractivity contribution is 6.28. The van der Waals surface area contributed by atoms with Crippen molar-refractivity contribution in [3.63, 3.8) is 0 Å². The summed E-state index contributed by atoms with van der Waals surface area (Å²) >= 11 is 6.25. The zero-order valence-electron chi connectivity index (χ0n) is 16.0. The molecule has 0 radical (unpaired) electrons. The largest absolute Gasteiger partial charge is 0.377 e. The van der Waals surface area contributed by atoms with Gasteiger partial charge in [0.1, 0.15) is 6.23 Å². The van der Waals surface area contributed by atoms with Crippen molar-refractivity contribution in [2.45, 2.75) is 39.0 Å². The number of imidazole rings is 1. The van der Waals surface area contributed by atoms with E-state index in [0.29, 0.717) is 22.9 Å². The van der Waals surface area contributed by atoms with Crippen molar-refractivity contribution in [3.8, 4) is 5.82 Å². The number of ether oxygens (including phenoxy) is 1. The fourth-order valence-corrected chi connectivity index (χ4v) is 3.82. The summed E-state index contributed by atoms with van der Waals surface area (Å²) in [6.07, 6.45) is 7.81. The molecule has 0 amide bonds. The van der Waals surface area contributed by atoms with E-state index >= 15 is 0 Å². The van der Waals surface area contributed by atoms with E-state index in [1.165, 1.54) is 0 Å². The molecule has 0 aliphatic carbocycles. The Kier molecular flexibility index (Phi) is 4.74. The van der Waals surface area contributed by atoms with Crippen LogP contribution < -0.4 is 9.47 Å². The Labute approximate surface area is 163 Å². The zero-order chi connectivity index (χ0) is 19.1. The molecule has 0 N–H and O–H groups in total. The molecule has 3 aromatic heterocycles. The molecule has 27 heavy (non-hydrogen) atoms. The van der Waals surface area contributed by atoms with Crippen molar-refractivity contribution < 1.29 is 9.30 Å². The van der Waals surface area contributed by atoms with Crippen LogP contribution in [0.1, 0.15) is 32.9 Å². The maximum Gasteiger partial charge on any atom is 0.361 e. The van der Waals surface area contributed by atoms with Crippen LogP contribution in [0, 0.1) is 5.92 Å². The number of hydrogen-bond acceptors (Lipinski definition) is 5. The molecule has 4 rings (SSSR count). The molecule has 0 saturated carbocycles. The van der Waals surface area contributed by atoms with E-state index in [1.54, 1.807) is 6.33 Å². The number of nitrogens with zero attached hydrogens (tertiary/aromatic N) is 6. The maximum atomic E-state index is 6.25. The Morgan fingerprint density at radius 2 is 2.04 bits per heavy atom. The Bertz CT molecular complexity index is 955. The molecule has 0 aromatic carbocycles. The number of halogens is 1. The number of fused-ring (bicyclic) bond motifs is 1. The van der Waals surface area contributed by atoms with Gasteiger partial charge >= 0.3 is 11.1 Å². The van der Waals surface area contributed by atoms with Crippen molar-refractivity contribution in [1.29, 1.82) is 0 Å². The lowest BCUT2D eigenvalue weighted by Crippen LogP contribution is -2.32. The summed E-state index contributed by atoms with van der Waals surface area (Å²) in [6.45, 7) is 4.38. The Hall–Kier alpha value is -2.25. The summed E-state index contributed by atoms with van der Waals surface area (Å²) in [5, 5.41) is 0.196. The van der Waals surface area contributed by atoms with Crippen molar-refractivity contribution in [2.24, 2.45) is 5.92 Å². The third kappa shape index (κ3) is 3.26. The molecule has 4 heterocycles. The van der Waals surface area contributed by atoms with Crippen LogP contribution in [-0.2, 0) is 4.74 Å². The molecule has 142 valence electrons. The Morgan fingerprint density at radius 1 is 1.30 bits per heavy atom. The van der Waals surface area contributed by atoms with Gasteiger partial charge in [-0.15, -0.1) is 0 Å². The molecule has 1 aliphatic heterocycles. The van der Waals surface area contributed by atoms with Crippen LogP contribution in [0.15, 0.2) is 30.9 Å². The SMILES string of the molecule is CC[C@H]1OC(n2cnc3c(-[n+]4ccc(N(C)C)cc4)nc(Cl)nc32)CC1C. The predicted octanol–water partition coefficient (Wildman–Crippen LogP) is 3.16. The normalized spacial score (nSPS) is 22.5. The smallest absolute Gasteiger partial charge is 0.361 e. The topological polar surface area (TPSA) is 60.0 Å². The van der Waals surface area contributed by atoms with Gasteiger partial charge in [-0.1, -0.05) is 13.8 Å². The molecule has 7 nitrogen and oxygen atoms in total. The molecule has 3 atom stereocenters. The first-order chi connectivity index (χ1) is 13.0. The molecule has 1 saturated heterocycles. The van der Waals surface area contributed by atoms with Gasteiger partial charge in [0.15, 0.2) is 5.65 Å². The fraction of sp³-hybridized carbons (Fsp3) is 0.474. The lowest BCUT2D eigenvalue weighted by atomic mass is 10.0. The first-order valence-electron chi connectivity index (χ1n) is 9.22. The second kappa shape index (κ2) is 7.05. The van der Waals surface area contributed by atoms with Gasteiger partial charge < -0.3 is 9.64 Å². The third-order valence-corrected chi connectivity index (χ3v) is 5.37. The first kappa shape index (κ1) is 18.1. The van der Waals surface area contributed by atoms with Crippen LogP contribution in [0.2, 0.25) is 5.28 Å². The van der Waals surface area contributed by atoms with Crippen LogP contribution in [-0.4, -0.2) is 39.7 Å². The fourth-order valence-electron chi connectivity index (χ4n) is 3.66. The lowest BCUT2D eigenvalue weighted by molar-refractivity contribution is -0.598. The second-order valence-corrected chi connectivity index (χ2v) is 7.59. The minimum absolute atomic E-state index is 0.0742. The van der Waals surface area contributed by atoms with Crippen LogP contribution in [0.25, 0.3) is 17.0 Å². The van der Waals surface area contributed by atoms with E-state index in [1.807, 2.05) is 52.7 Å². The van der Waals surface area contributed by atoms with Gasteiger partial charge in [-0.2, -0.15) is 4.98 Å². The minimum atomic E-state index is -0.0742. The zero-order valence-corrected chi connectivity index (χ0v) is 16.8. The first-order valence-corrected chi connectivity index (χ1v) is 9.60. The van der Waals surface area contributed by atoms with Crippen molar-refractivity contribution in [3.05, 3.63) is 36.1 Å². The highest BCUT2D eigenvalue weighted by Crippen LogP contribution is 2.36. The summed E-state index contributed by atoms with van der Waals surface area (Å²) in [5.41, 5.74) is 2.51. The maximum absolute atomic E-state index is 6.25. The molecule has 0 spiro atoms. The monoisotopic (exact) mass is 387 g/mol. The molecule has 3 aromatic rings. The van der Waals surface area contributed by atoms with Gasteiger partial charge in [0.25, 0.3) is 0 Å². The van der Waals surface area contributed by atoms with Gasteiger partial charge in [0.05, 0.1) is 24.8 Å². The number of rotatable bonds is 4. The quantitative estimate of drug-likeness (QED) is 0.508. The Balaban J connectivity index is 1.77. The minimum Gasteiger partial charge on any atom is -0.377 e. The van der Waals surface area contributed by atoms with Gasteiger partial charge in [-0.25, -0.2) is 9.55 Å². The van der Waals surface area contributed by atoms with Gasteiger partial charge in [0, 0.05) is 31.9 Å². The van der Waals surface area contributed by atoms with Gasteiger partial charge in [-0.05, 0) is 35.3 Å². The number of anilines is 1. The van der Waals surface area contributed by atoms with Crippen LogP contribution in [0.4, 0.5) is 5.69 Å². The summed E-state index contributed by atoms with van der Waals surface area (Å²) in [5.74, 6) is 1.16. The highest BCUT2D eigenvalue weighted by atomic mass is 35.5. The van der Waals surface area contributed by atoms with E-state index in [9.17, 15) is 0 Å². The Morgan fingerprint density at radius 3 is 2.67 bits per heavy atom. The summed E-state index contributed by atoms with van der Waals surface area (Å²) < 4.78 is 10.1. The molecule has 2 unspecified atom stereocenters. The summed E-state index contributed by atoms with van der Waals surface area (Å²) in [7, 11) is 4.01.